The molecule has 3 N–H and O–H groups in total. The Hall–Kier alpha value is -2.81. The number of ether oxygens (including phenoxy) is 1. The predicted octanol–water partition coefficient (Wildman–Crippen LogP) is 5.02. The molecule has 0 radical (unpaired) electrons. The van der Waals surface area contributed by atoms with Gasteiger partial charge in [-0.3, -0.25) is 4.90 Å². The van der Waals surface area contributed by atoms with Crippen LogP contribution in [-0.2, 0) is 6.18 Å². The Kier molecular flexibility index (Phi) is 6.97. The van der Waals surface area contributed by atoms with Crippen LogP contribution in [0.4, 0.5) is 23.8 Å². The first-order chi connectivity index (χ1) is 13.8. The number of nitrogens with two attached hydrogens (primary N) is 1. The first-order valence-electron chi connectivity index (χ1n) is 9.36. The third kappa shape index (κ3) is 6.09. The van der Waals surface area contributed by atoms with Gasteiger partial charge in [0.15, 0.2) is 0 Å². The van der Waals surface area contributed by atoms with Crippen molar-refractivity contribution in [3.8, 4) is 16.9 Å². The second-order valence-corrected chi connectivity index (χ2v) is 7.99. The van der Waals surface area contributed by atoms with Gasteiger partial charge in [0.1, 0.15) is 18.2 Å². The molecular weight excluding hydrogens is 399 g/mol. The fourth-order valence-corrected chi connectivity index (χ4v) is 3.17. The highest BCUT2D eigenvalue weighted by atomic mass is 19.4. The molecule has 0 spiro atoms. The quantitative estimate of drug-likeness (QED) is 0.650. The number of pyridine rings is 1. The van der Waals surface area contributed by atoms with Crippen LogP contribution >= 0.6 is 0 Å². The summed E-state index contributed by atoms with van der Waals surface area (Å²) < 4.78 is 46.5. The molecule has 0 saturated heterocycles. The standard InChI is InChI=1S/C21H26F3N3O3/c1-13(2)11-20(3,25)12-30-17-6-5-14(9-16(17)21(22,23)24)15-7-8-26-18(10-15)27(4)19(28)29/h5-10,13H,11-12,25H2,1-4H3,(H,28,29). The zero-order chi connectivity index (χ0) is 22.7. The molecule has 0 aliphatic heterocycles. The van der Waals surface area contributed by atoms with Crippen molar-refractivity contribution in [1.82, 2.24) is 4.98 Å². The van der Waals surface area contributed by atoms with Crippen molar-refractivity contribution < 1.29 is 27.8 Å². The molecule has 1 atom stereocenters. The van der Waals surface area contributed by atoms with E-state index in [9.17, 15) is 18.0 Å². The summed E-state index contributed by atoms with van der Waals surface area (Å²) in [6.07, 6.45) is -3.93. The number of halogens is 3. The van der Waals surface area contributed by atoms with Crippen LogP contribution in [-0.4, -0.2) is 35.4 Å². The maximum atomic E-state index is 13.7. The Balaban J connectivity index is 2.38. The molecule has 6 nitrogen and oxygen atoms in total. The summed E-state index contributed by atoms with van der Waals surface area (Å²) in [7, 11) is 1.30. The van der Waals surface area contributed by atoms with Crippen LogP contribution in [0, 0.1) is 5.92 Å². The summed E-state index contributed by atoms with van der Waals surface area (Å²) in [5.41, 5.74) is 5.11. The minimum atomic E-state index is -4.64. The molecule has 0 fully saturated rings. The van der Waals surface area contributed by atoms with E-state index in [1.54, 1.807) is 6.92 Å². The van der Waals surface area contributed by atoms with E-state index in [0.29, 0.717) is 12.0 Å². The van der Waals surface area contributed by atoms with E-state index in [1.807, 2.05) is 13.8 Å². The number of nitrogens with zero attached hydrogens (tertiary/aromatic N) is 2. The van der Waals surface area contributed by atoms with E-state index in [4.69, 9.17) is 15.6 Å². The van der Waals surface area contributed by atoms with E-state index < -0.39 is 23.4 Å². The van der Waals surface area contributed by atoms with Crippen LogP contribution in [0.3, 0.4) is 0 Å². The van der Waals surface area contributed by atoms with Crippen LogP contribution in [0.25, 0.3) is 11.1 Å². The number of benzene rings is 1. The first-order valence-corrected chi connectivity index (χ1v) is 9.36. The molecule has 30 heavy (non-hydrogen) atoms. The van der Waals surface area contributed by atoms with E-state index in [-0.39, 0.29) is 29.7 Å². The van der Waals surface area contributed by atoms with Crippen molar-refractivity contribution in [1.29, 1.82) is 0 Å². The number of hydrogen-bond acceptors (Lipinski definition) is 4. The Labute approximate surface area is 173 Å². The lowest BCUT2D eigenvalue weighted by Crippen LogP contribution is -2.43. The largest absolute Gasteiger partial charge is 0.491 e. The Morgan fingerprint density at radius 1 is 1.23 bits per heavy atom. The van der Waals surface area contributed by atoms with Crippen molar-refractivity contribution in [3.05, 3.63) is 42.1 Å². The van der Waals surface area contributed by atoms with Crippen molar-refractivity contribution >= 4 is 11.9 Å². The van der Waals surface area contributed by atoms with Gasteiger partial charge in [-0.1, -0.05) is 19.9 Å². The van der Waals surface area contributed by atoms with E-state index in [1.165, 1.54) is 37.5 Å². The van der Waals surface area contributed by atoms with Crippen LogP contribution in [0.1, 0.15) is 32.8 Å². The summed E-state index contributed by atoms with van der Waals surface area (Å²) in [4.78, 5) is 15.9. The molecule has 1 aromatic heterocycles. The van der Waals surface area contributed by atoms with Gasteiger partial charge >= 0.3 is 12.3 Å². The minimum absolute atomic E-state index is 0.0591. The van der Waals surface area contributed by atoms with E-state index in [0.717, 1.165) is 11.0 Å². The Morgan fingerprint density at radius 3 is 2.43 bits per heavy atom. The molecule has 1 aromatic carbocycles. The van der Waals surface area contributed by atoms with Gasteiger partial charge < -0.3 is 15.6 Å². The third-order valence-corrected chi connectivity index (χ3v) is 4.43. The molecule has 1 heterocycles. The van der Waals surface area contributed by atoms with Gasteiger partial charge in [0.05, 0.1) is 5.56 Å². The normalized spacial score (nSPS) is 13.8. The number of amides is 1. The molecule has 1 unspecified atom stereocenters. The van der Waals surface area contributed by atoms with E-state index >= 15 is 0 Å². The summed E-state index contributed by atoms with van der Waals surface area (Å²) >= 11 is 0. The molecule has 2 aromatic rings. The maximum Gasteiger partial charge on any atom is 0.419 e. The number of carbonyl (C=O) groups is 1. The summed E-state index contributed by atoms with van der Waals surface area (Å²) in [5, 5.41) is 9.07. The topological polar surface area (TPSA) is 88.7 Å². The second kappa shape index (κ2) is 8.91. The number of carboxylic acid groups (broad SMARTS) is 1. The highest BCUT2D eigenvalue weighted by Crippen LogP contribution is 2.39. The summed E-state index contributed by atoms with van der Waals surface area (Å²) in [5.74, 6) is 0.0722. The van der Waals surface area contributed by atoms with Crippen LogP contribution in [0.5, 0.6) is 5.75 Å². The zero-order valence-corrected chi connectivity index (χ0v) is 17.3. The molecule has 0 saturated carbocycles. The molecule has 0 bridgehead atoms. The van der Waals surface area contributed by atoms with Crippen molar-refractivity contribution in [2.45, 2.75) is 38.9 Å². The number of aromatic nitrogens is 1. The summed E-state index contributed by atoms with van der Waals surface area (Å²) in [6.45, 7) is 5.64. The lowest BCUT2D eigenvalue weighted by molar-refractivity contribution is -0.139. The lowest BCUT2D eigenvalue weighted by Gasteiger charge is -2.27. The van der Waals surface area contributed by atoms with Gasteiger partial charge in [-0.2, -0.15) is 13.2 Å². The van der Waals surface area contributed by atoms with Crippen LogP contribution in [0.2, 0.25) is 0 Å². The molecule has 0 aliphatic rings. The van der Waals surface area contributed by atoms with Crippen LogP contribution < -0.4 is 15.4 Å². The van der Waals surface area contributed by atoms with Gasteiger partial charge in [-0.05, 0) is 54.7 Å². The lowest BCUT2D eigenvalue weighted by atomic mass is 9.93. The third-order valence-electron chi connectivity index (χ3n) is 4.43. The number of alkyl halides is 3. The second-order valence-electron chi connectivity index (χ2n) is 7.99. The number of anilines is 1. The van der Waals surface area contributed by atoms with Crippen molar-refractivity contribution in [3.63, 3.8) is 0 Å². The van der Waals surface area contributed by atoms with Gasteiger partial charge in [0.25, 0.3) is 0 Å². The smallest absolute Gasteiger partial charge is 0.419 e. The van der Waals surface area contributed by atoms with Crippen molar-refractivity contribution in [2.75, 3.05) is 18.6 Å². The molecule has 2 rings (SSSR count). The average molecular weight is 425 g/mol. The molecule has 9 heteroatoms. The van der Waals surface area contributed by atoms with Gasteiger partial charge in [0, 0.05) is 18.8 Å². The number of hydrogen-bond donors (Lipinski definition) is 2. The predicted molar refractivity (Wildman–Crippen MR) is 109 cm³/mol. The highest BCUT2D eigenvalue weighted by molar-refractivity contribution is 5.85. The Morgan fingerprint density at radius 2 is 1.87 bits per heavy atom. The van der Waals surface area contributed by atoms with Gasteiger partial charge in [-0.25, -0.2) is 9.78 Å². The van der Waals surface area contributed by atoms with Crippen molar-refractivity contribution in [2.24, 2.45) is 11.7 Å². The van der Waals surface area contributed by atoms with Crippen LogP contribution in [0.15, 0.2) is 36.5 Å². The number of rotatable bonds is 7. The summed E-state index contributed by atoms with van der Waals surface area (Å²) in [6, 6.07) is 6.63. The maximum absolute atomic E-state index is 13.7. The SMILES string of the molecule is CC(C)CC(C)(N)COc1ccc(-c2ccnc(N(C)C(=O)O)c2)cc1C(F)(F)F. The van der Waals surface area contributed by atoms with E-state index in [2.05, 4.69) is 4.98 Å². The highest BCUT2D eigenvalue weighted by Gasteiger charge is 2.35. The van der Waals surface area contributed by atoms with Gasteiger partial charge in [-0.15, -0.1) is 0 Å². The fraction of sp³-hybridized carbons (Fsp3) is 0.429. The molecule has 1 amide bonds. The molecule has 164 valence electrons. The average Bonchev–Trinajstić information content (AvgIpc) is 2.64. The molecular formula is C21H26F3N3O3. The van der Waals surface area contributed by atoms with Gasteiger partial charge in [0.2, 0.25) is 0 Å². The molecule has 0 aliphatic carbocycles. The fourth-order valence-electron chi connectivity index (χ4n) is 3.17. The minimum Gasteiger partial charge on any atom is -0.491 e. The zero-order valence-electron chi connectivity index (χ0n) is 17.3. The Bertz CT molecular complexity index is 899. The monoisotopic (exact) mass is 425 g/mol. The first kappa shape index (κ1) is 23.5.